The average Bonchev–Trinajstić information content (AvgIpc) is 2.96. The third kappa shape index (κ3) is 3.87. The number of likely N-dealkylation sites (N-methyl/N-ethyl adjacent to an activating group) is 1. The Kier molecular flexibility index (Phi) is 5.55. The second-order valence-electron chi connectivity index (χ2n) is 5.80. The van der Waals surface area contributed by atoms with E-state index in [2.05, 4.69) is 21.2 Å². The minimum atomic E-state index is -1.22. The van der Waals surface area contributed by atoms with Crippen LogP contribution in [0.2, 0.25) is 10.0 Å². The van der Waals surface area contributed by atoms with Gasteiger partial charge in [-0.2, -0.15) is 5.43 Å². The summed E-state index contributed by atoms with van der Waals surface area (Å²) in [5, 5.41) is 3.95. The minimum Gasteiger partial charge on any atom is -0.492 e. The maximum absolute atomic E-state index is 6.48. The summed E-state index contributed by atoms with van der Waals surface area (Å²) in [5.41, 5.74) is 19.5. The Labute approximate surface area is 161 Å². The summed E-state index contributed by atoms with van der Waals surface area (Å²) in [6, 6.07) is 11.0. The van der Waals surface area contributed by atoms with Crippen molar-refractivity contribution in [3.05, 3.63) is 52.0 Å². The largest absolute Gasteiger partial charge is 0.492 e. The number of hydrogen-bond donors (Lipinski definition) is 5. The number of hydrogen-bond acceptors (Lipinski definition) is 7. The van der Waals surface area contributed by atoms with Crippen molar-refractivity contribution in [2.24, 2.45) is 16.5 Å². The summed E-state index contributed by atoms with van der Waals surface area (Å²) in [6.07, 6.45) is 0. The molecule has 0 fully saturated rings. The lowest BCUT2D eigenvalue weighted by Gasteiger charge is -2.22. The molecule has 0 saturated heterocycles. The monoisotopic (exact) mass is 394 g/mol. The minimum absolute atomic E-state index is 0.192. The number of nitrogens with one attached hydrogen (secondary N) is 3. The highest BCUT2D eigenvalue weighted by Crippen LogP contribution is 2.38. The van der Waals surface area contributed by atoms with Crippen LogP contribution >= 0.6 is 23.2 Å². The molecule has 2 aromatic carbocycles. The fraction of sp³-hybridized carbons (Fsp3) is 0.235. The van der Waals surface area contributed by atoms with Gasteiger partial charge in [-0.3, -0.25) is 11.2 Å². The molecule has 1 aliphatic rings. The number of hydrazine groups is 1. The van der Waals surface area contributed by atoms with Gasteiger partial charge in [0.15, 0.2) is 0 Å². The van der Waals surface area contributed by atoms with Crippen molar-refractivity contribution >= 4 is 29.2 Å². The second kappa shape index (κ2) is 7.69. The van der Waals surface area contributed by atoms with Gasteiger partial charge in [0.2, 0.25) is 11.7 Å². The number of ether oxygens (including phenoxy) is 1. The van der Waals surface area contributed by atoms with Crippen LogP contribution in [-0.2, 0) is 5.79 Å². The summed E-state index contributed by atoms with van der Waals surface area (Å²) >= 11 is 13.0. The molecule has 1 unspecified atom stereocenters. The fourth-order valence-electron chi connectivity index (χ4n) is 2.60. The smallest absolute Gasteiger partial charge is 0.209 e. The molecular formula is C17H20Cl2N6O. The van der Waals surface area contributed by atoms with Crippen molar-refractivity contribution in [2.45, 2.75) is 5.79 Å². The van der Waals surface area contributed by atoms with Crippen molar-refractivity contribution in [1.82, 2.24) is 16.2 Å². The SMILES string of the molecule is CNCCOc1ccc(-c2c(Cl)cc(C3(N)N=C(N)NN3)cc2Cl)cc1. The van der Waals surface area contributed by atoms with Crippen molar-refractivity contribution < 1.29 is 4.74 Å². The third-order valence-corrected chi connectivity index (χ3v) is 4.52. The molecule has 0 amide bonds. The van der Waals surface area contributed by atoms with Crippen LogP contribution in [-0.4, -0.2) is 26.2 Å². The normalized spacial score (nSPS) is 19.2. The van der Waals surface area contributed by atoms with E-state index in [0.717, 1.165) is 17.9 Å². The van der Waals surface area contributed by atoms with Crippen LogP contribution < -0.4 is 32.4 Å². The van der Waals surface area contributed by atoms with Gasteiger partial charge in [-0.1, -0.05) is 35.3 Å². The van der Waals surface area contributed by atoms with E-state index in [9.17, 15) is 0 Å². The molecule has 0 bridgehead atoms. The number of nitrogens with two attached hydrogens (primary N) is 2. The van der Waals surface area contributed by atoms with Gasteiger partial charge < -0.3 is 15.8 Å². The van der Waals surface area contributed by atoms with E-state index in [1.165, 1.54) is 0 Å². The highest BCUT2D eigenvalue weighted by Gasteiger charge is 2.32. The number of aliphatic imine (C=N–C) groups is 1. The first kappa shape index (κ1) is 18.8. The third-order valence-electron chi connectivity index (χ3n) is 3.92. The van der Waals surface area contributed by atoms with E-state index < -0.39 is 5.79 Å². The van der Waals surface area contributed by atoms with Crippen LogP contribution in [0.15, 0.2) is 41.4 Å². The molecule has 138 valence electrons. The zero-order valence-electron chi connectivity index (χ0n) is 14.1. The topological polar surface area (TPSA) is 110 Å². The Morgan fingerprint density at radius 3 is 2.38 bits per heavy atom. The predicted octanol–water partition coefficient (Wildman–Crippen LogP) is 1.75. The van der Waals surface area contributed by atoms with Gasteiger partial charge in [0.25, 0.3) is 0 Å². The maximum atomic E-state index is 6.48. The molecule has 1 heterocycles. The summed E-state index contributed by atoms with van der Waals surface area (Å²) in [7, 11) is 1.88. The Morgan fingerprint density at radius 1 is 1.19 bits per heavy atom. The van der Waals surface area contributed by atoms with E-state index >= 15 is 0 Å². The Hall–Kier alpha value is -2.03. The maximum Gasteiger partial charge on any atom is 0.209 e. The number of benzene rings is 2. The first-order chi connectivity index (χ1) is 12.4. The molecule has 7 nitrogen and oxygen atoms in total. The molecule has 7 N–H and O–H groups in total. The summed E-state index contributed by atoms with van der Waals surface area (Å²) in [6.45, 7) is 1.37. The molecule has 0 aliphatic carbocycles. The molecule has 0 saturated carbocycles. The van der Waals surface area contributed by atoms with E-state index in [1.807, 2.05) is 31.3 Å². The first-order valence-corrected chi connectivity index (χ1v) is 8.73. The van der Waals surface area contributed by atoms with Crippen molar-refractivity contribution in [3.63, 3.8) is 0 Å². The standard InChI is InChI=1S/C17H20Cl2N6O/c1-22-6-7-26-12-4-2-10(3-5-12)15-13(18)8-11(9-14(15)19)17(21)23-16(20)24-25-17/h2-5,8-9,22,25H,6-7,21H2,1H3,(H3,20,23,24). The lowest BCUT2D eigenvalue weighted by molar-refractivity contribution is 0.318. The number of halogens is 2. The second-order valence-corrected chi connectivity index (χ2v) is 6.62. The lowest BCUT2D eigenvalue weighted by Crippen LogP contribution is -2.50. The quantitative estimate of drug-likeness (QED) is 0.477. The Bertz CT molecular complexity index is 803. The summed E-state index contributed by atoms with van der Waals surface area (Å²) < 4.78 is 5.62. The van der Waals surface area contributed by atoms with Crippen LogP contribution in [0.25, 0.3) is 11.1 Å². The zero-order valence-corrected chi connectivity index (χ0v) is 15.7. The fourth-order valence-corrected chi connectivity index (χ4v) is 3.30. The number of rotatable bonds is 6. The molecule has 1 aliphatic heterocycles. The molecular weight excluding hydrogens is 375 g/mol. The van der Waals surface area contributed by atoms with Crippen LogP contribution in [0.4, 0.5) is 0 Å². The zero-order chi connectivity index (χ0) is 18.7. The van der Waals surface area contributed by atoms with E-state index in [-0.39, 0.29) is 5.96 Å². The molecule has 3 rings (SSSR count). The van der Waals surface area contributed by atoms with Crippen molar-refractivity contribution in [2.75, 3.05) is 20.2 Å². The van der Waals surface area contributed by atoms with E-state index in [1.54, 1.807) is 12.1 Å². The average molecular weight is 395 g/mol. The predicted molar refractivity (Wildman–Crippen MR) is 105 cm³/mol. The molecule has 2 aromatic rings. The van der Waals surface area contributed by atoms with Crippen LogP contribution in [0.5, 0.6) is 5.75 Å². The Balaban J connectivity index is 1.87. The summed E-state index contributed by atoms with van der Waals surface area (Å²) in [5.74, 6) is -0.251. The van der Waals surface area contributed by atoms with E-state index in [4.69, 9.17) is 39.4 Å². The number of nitrogens with zero attached hydrogens (tertiary/aromatic N) is 1. The van der Waals surface area contributed by atoms with E-state index in [0.29, 0.717) is 27.8 Å². The van der Waals surface area contributed by atoms with Gasteiger partial charge in [-0.25, -0.2) is 4.99 Å². The van der Waals surface area contributed by atoms with Gasteiger partial charge >= 0.3 is 0 Å². The van der Waals surface area contributed by atoms with Crippen molar-refractivity contribution in [1.29, 1.82) is 0 Å². The summed E-state index contributed by atoms with van der Waals surface area (Å²) in [4.78, 5) is 4.13. The molecule has 9 heteroatoms. The molecule has 0 radical (unpaired) electrons. The molecule has 0 spiro atoms. The van der Waals surface area contributed by atoms with Crippen LogP contribution in [0.1, 0.15) is 5.56 Å². The lowest BCUT2D eigenvalue weighted by atomic mass is 10.0. The highest BCUT2D eigenvalue weighted by atomic mass is 35.5. The van der Waals surface area contributed by atoms with Gasteiger partial charge in [0.1, 0.15) is 12.4 Å². The van der Waals surface area contributed by atoms with Crippen LogP contribution in [0, 0.1) is 0 Å². The molecule has 0 aromatic heterocycles. The van der Waals surface area contributed by atoms with Gasteiger partial charge in [0, 0.05) is 17.7 Å². The Morgan fingerprint density at radius 2 is 1.85 bits per heavy atom. The van der Waals surface area contributed by atoms with Gasteiger partial charge in [-0.15, -0.1) is 0 Å². The van der Waals surface area contributed by atoms with Crippen LogP contribution in [0.3, 0.4) is 0 Å². The molecule has 26 heavy (non-hydrogen) atoms. The molecule has 1 atom stereocenters. The van der Waals surface area contributed by atoms with Crippen molar-refractivity contribution in [3.8, 4) is 16.9 Å². The highest BCUT2D eigenvalue weighted by molar-refractivity contribution is 6.39. The van der Waals surface area contributed by atoms with Gasteiger partial charge in [0.05, 0.1) is 10.0 Å². The van der Waals surface area contributed by atoms with Gasteiger partial charge in [-0.05, 0) is 36.9 Å². The number of guanidine groups is 1. The first-order valence-electron chi connectivity index (χ1n) is 7.97.